The molecule has 2 aromatic rings. The number of para-hydroxylation sites is 1. The molecule has 100 valence electrons. The van der Waals surface area contributed by atoms with E-state index in [1.165, 1.54) is 12.2 Å². The zero-order chi connectivity index (χ0) is 14.0. The van der Waals surface area contributed by atoms with Gasteiger partial charge in [-0.05, 0) is 26.0 Å². The maximum Gasteiger partial charge on any atom is 0.280 e. The Kier molecular flexibility index (Phi) is 3.66. The number of rotatable bonds is 3. The number of aromatic nitrogens is 2. The van der Waals surface area contributed by atoms with Crippen LogP contribution in [-0.4, -0.2) is 34.9 Å². The molecule has 1 heterocycles. The minimum Gasteiger partial charge on any atom is -0.274 e. The number of hydrogen-bond donors (Lipinski definition) is 0. The molecule has 0 fully saturated rings. The van der Waals surface area contributed by atoms with Crippen molar-refractivity contribution in [1.82, 2.24) is 14.8 Å². The first kappa shape index (κ1) is 13.3. The van der Waals surface area contributed by atoms with Crippen molar-refractivity contribution < 1.29 is 9.63 Å². The Morgan fingerprint density at radius 2 is 1.89 bits per heavy atom. The summed E-state index contributed by atoms with van der Waals surface area (Å²) in [7, 11) is 3.05. The number of carbonyl (C=O) groups excluding carboxylic acids is 1. The van der Waals surface area contributed by atoms with E-state index in [1.807, 2.05) is 44.2 Å². The lowest BCUT2D eigenvalue weighted by Crippen LogP contribution is -2.26. The van der Waals surface area contributed by atoms with Crippen molar-refractivity contribution in [3.63, 3.8) is 0 Å². The first-order valence-corrected chi connectivity index (χ1v) is 6.00. The Hall–Kier alpha value is -2.14. The summed E-state index contributed by atoms with van der Waals surface area (Å²) < 4.78 is 1.77. The van der Waals surface area contributed by atoms with Gasteiger partial charge in [-0.15, -0.1) is 0 Å². The molecule has 0 aliphatic heterocycles. The Bertz CT molecular complexity index is 590. The van der Waals surface area contributed by atoms with E-state index < -0.39 is 0 Å². The van der Waals surface area contributed by atoms with Gasteiger partial charge < -0.3 is 0 Å². The van der Waals surface area contributed by atoms with Crippen LogP contribution in [0.15, 0.2) is 30.3 Å². The van der Waals surface area contributed by atoms with Crippen LogP contribution in [0, 0.1) is 13.8 Å². The maximum absolute atomic E-state index is 12.2. The number of amides is 1. The molecule has 0 radical (unpaired) electrons. The van der Waals surface area contributed by atoms with Crippen molar-refractivity contribution in [2.45, 2.75) is 13.8 Å². The summed E-state index contributed by atoms with van der Waals surface area (Å²) in [4.78, 5) is 17.1. The summed E-state index contributed by atoms with van der Waals surface area (Å²) in [5.74, 6) is -0.195. The molecular weight excluding hydrogens is 242 g/mol. The van der Waals surface area contributed by atoms with E-state index in [4.69, 9.17) is 4.84 Å². The van der Waals surface area contributed by atoms with E-state index in [1.54, 1.807) is 11.7 Å². The van der Waals surface area contributed by atoms with E-state index in [0.29, 0.717) is 11.3 Å². The molecule has 0 saturated heterocycles. The molecule has 1 aromatic heterocycles. The molecule has 5 nitrogen and oxygen atoms in total. The van der Waals surface area contributed by atoms with Crippen LogP contribution in [0.5, 0.6) is 0 Å². The molecule has 1 aromatic carbocycles. The molecule has 0 saturated carbocycles. The average Bonchev–Trinajstić information content (AvgIpc) is 2.73. The highest BCUT2D eigenvalue weighted by atomic mass is 16.7. The van der Waals surface area contributed by atoms with Gasteiger partial charge in [0.2, 0.25) is 0 Å². The zero-order valence-electron chi connectivity index (χ0n) is 11.5. The van der Waals surface area contributed by atoms with E-state index in [2.05, 4.69) is 5.10 Å². The summed E-state index contributed by atoms with van der Waals surface area (Å²) in [5, 5.41) is 5.63. The van der Waals surface area contributed by atoms with Crippen LogP contribution in [0.25, 0.3) is 5.69 Å². The summed E-state index contributed by atoms with van der Waals surface area (Å²) in [6, 6.07) is 9.73. The molecule has 0 atom stereocenters. The van der Waals surface area contributed by atoms with Gasteiger partial charge in [0.15, 0.2) is 0 Å². The van der Waals surface area contributed by atoms with Gasteiger partial charge in [-0.2, -0.15) is 5.10 Å². The lowest BCUT2D eigenvalue weighted by atomic mass is 10.2. The van der Waals surface area contributed by atoms with Crippen molar-refractivity contribution in [2.75, 3.05) is 14.2 Å². The fourth-order valence-corrected chi connectivity index (χ4v) is 2.01. The van der Waals surface area contributed by atoms with Crippen LogP contribution in [-0.2, 0) is 4.84 Å². The highest BCUT2D eigenvalue weighted by molar-refractivity contribution is 5.95. The summed E-state index contributed by atoms with van der Waals surface area (Å²) >= 11 is 0. The van der Waals surface area contributed by atoms with Crippen LogP contribution in [0.4, 0.5) is 0 Å². The van der Waals surface area contributed by atoms with Crippen LogP contribution < -0.4 is 0 Å². The minimum absolute atomic E-state index is 0.195. The highest BCUT2D eigenvalue weighted by Gasteiger charge is 2.22. The van der Waals surface area contributed by atoms with Gasteiger partial charge in [-0.1, -0.05) is 18.2 Å². The van der Waals surface area contributed by atoms with Crippen molar-refractivity contribution in [3.8, 4) is 5.69 Å². The SMILES string of the molecule is CON(C)C(=O)c1c(C)nn(-c2ccccc2)c1C. The van der Waals surface area contributed by atoms with Gasteiger partial charge in [-0.3, -0.25) is 9.63 Å². The summed E-state index contributed by atoms with van der Waals surface area (Å²) in [6.45, 7) is 3.70. The van der Waals surface area contributed by atoms with E-state index in [0.717, 1.165) is 11.4 Å². The molecule has 0 N–H and O–H groups in total. The third-order valence-electron chi connectivity index (χ3n) is 3.07. The Labute approximate surface area is 112 Å². The number of hydroxylamine groups is 2. The molecule has 0 unspecified atom stereocenters. The quantitative estimate of drug-likeness (QED) is 0.793. The summed E-state index contributed by atoms with van der Waals surface area (Å²) in [5.41, 5.74) is 3.00. The van der Waals surface area contributed by atoms with Gasteiger partial charge in [0.1, 0.15) is 0 Å². The number of nitrogens with zero attached hydrogens (tertiary/aromatic N) is 3. The molecule has 0 aliphatic rings. The normalized spacial score (nSPS) is 10.5. The van der Waals surface area contributed by atoms with Crippen LogP contribution in [0.2, 0.25) is 0 Å². The molecule has 0 bridgehead atoms. The molecule has 2 rings (SSSR count). The van der Waals surface area contributed by atoms with Gasteiger partial charge >= 0.3 is 0 Å². The predicted octanol–water partition coefficient (Wildman–Crippen LogP) is 2.12. The first-order chi connectivity index (χ1) is 9.06. The third-order valence-corrected chi connectivity index (χ3v) is 3.07. The highest BCUT2D eigenvalue weighted by Crippen LogP contribution is 2.19. The first-order valence-electron chi connectivity index (χ1n) is 6.00. The maximum atomic E-state index is 12.2. The minimum atomic E-state index is -0.195. The molecule has 19 heavy (non-hydrogen) atoms. The van der Waals surface area contributed by atoms with Crippen molar-refractivity contribution >= 4 is 5.91 Å². The smallest absolute Gasteiger partial charge is 0.274 e. The fraction of sp³-hybridized carbons (Fsp3) is 0.286. The van der Waals surface area contributed by atoms with Gasteiger partial charge in [0, 0.05) is 7.05 Å². The standard InChI is InChI=1S/C14H17N3O2/c1-10-13(14(18)16(3)19-4)11(2)17(15-10)12-8-6-5-7-9-12/h5-9H,1-4H3. The second-order valence-corrected chi connectivity index (χ2v) is 4.28. The monoisotopic (exact) mass is 259 g/mol. The average molecular weight is 259 g/mol. The predicted molar refractivity (Wildman–Crippen MR) is 72.1 cm³/mol. The van der Waals surface area contributed by atoms with Gasteiger partial charge in [-0.25, -0.2) is 9.75 Å². The molecular formula is C14H17N3O2. The van der Waals surface area contributed by atoms with E-state index >= 15 is 0 Å². The van der Waals surface area contributed by atoms with Crippen LogP contribution in [0.3, 0.4) is 0 Å². The number of hydrogen-bond acceptors (Lipinski definition) is 3. The van der Waals surface area contributed by atoms with Gasteiger partial charge in [0.25, 0.3) is 5.91 Å². The van der Waals surface area contributed by atoms with Crippen LogP contribution in [0.1, 0.15) is 21.7 Å². The largest absolute Gasteiger partial charge is 0.280 e. The van der Waals surface area contributed by atoms with Crippen molar-refractivity contribution in [3.05, 3.63) is 47.3 Å². The zero-order valence-corrected chi connectivity index (χ0v) is 11.5. The molecule has 0 aliphatic carbocycles. The third kappa shape index (κ3) is 2.37. The lowest BCUT2D eigenvalue weighted by molar-refractivity contribution is -0.0757. The lowest BCUT2D eigenvalue weighted by Gasteiger charge is -2.13. The summed E-state index contributed by atoms with van der Waals surface area (Å²) in [6.07, 6.45) is 0. The molecule has 1 amide bonds. The Balaban J connectivity index is 2.49. The number of aryl methyl sites for hydroxylation is 1. The Morgan fingerprint density at radius 1 is 1.26 bits per heavy atom. The fourth-order valence-electron chi connectivity index (χ4n) is 2.01. The number of carbonyl (C=O) groups is 1. The van der Waals surface area contributed by atoms with E-state index in [9.17, 15) is 4.79 Å². The van der Waals surface area contributed by atoms with Crippen LogP contribution >= 0.6 is 0 Å². The van der Waals surface area contributed by atoms with Gasteiger partial charge in [0.05, 0.1) is 29.7 Å². The Morgan fingerprint density at radius 3 is 2.47 bits per heavy atom. The number of benzene rings is 1. The van der Waals surface area contributed by atoms with Crippen molar-refractivity contribution in [2.24, 2.45) is 0 Å². The molecule has 0 spiro atoms. The molecule has 5 heteroatoms. The second-order valence-electron chi connectivity index (χ2n) is 4.28. The second kappa shape index (κ2) is 5.24. The van der Waals surface area contributed by atoms with E-state index in [-0.39, 0.29) is 5.91 Å². The van der Waals surface area contributed by atoms with Crippen molar-refractivity contribution in [1.29, 1.82) is 0 Å². The topological polar surface area (TPSA) is 47.4 Å².